The molecule has 0 bridgehead atoms. The summed E-state index contributed by atoms with van der Waals surface area (Å²) in [5.74, 6) is 1.13. The van der Waals surface area contributed by atoms with Crippen molar-refractivity contribution in [1.82, 2.24) is 9.88 Å². The third-order valence-corrected chi connectivity index (χ3v) is 6.79. The Kier molecular flexibility index (Phi) is 6.45. The Morgan fingerprint density at radius 2 is 1.97 bits per heavy atom. The molecule has 4 nitrogen and oxygen atoms in total. The lowest BCUT2D eigenvalue weighted by atomic mass is 10.00. The summed E-state index contributed by atoms with van der Waals surface area (Å²) in [6, 6.07) is 16.6. The monoisotopic (exact) mass is 408 g/mol. The molecule has 1 aliphatic heterocycles. The van der Waals surface area contributed by atoms with Crippen LogP contribution in [0.25, 0.3) is 10.2 Å². The zero-order valence-electron chi connectivity index (χ0n) is 17.0. The number of ether oxygens (including phenoxy) is 1. The van der Waals surface area contributed by atoms with Crippen molar-refractivity contribution in [3.05, 3.63) is 59.1 Å². The summed E-state index contributed by atoms with van der Waals surface area (Å²) in [6.07, 6.45) is 6.81. The number of nitrogens with zero attached hydrogens (tertiary/aromatic N) is 2. The predicted octanol–water partition coefficient (Wildman–Crippen LogP) is 5.77. The number of para-hydroxylation sites is 1. The highest BCUT2D eigenvalue weighted by Crippen LogP contribution is 2.32. The van der Waals surface area contributed by atoms with Crippen LogP contribution in [0.1, 0.15) is 55.1 Å². The van der Waals surface area contributed by atoms with Gasteiger partial charge in [-0.3, -0.25) is 4.79 Å². The molecule has 0 unspecified atom stereocenters. The average molecular weight is 409 g/mol. The molecule has 0 saturated carbocycles. The first kappa shape index (κ1) is 19.9. The predicted molar refractivity (Wildman–Crippen MR) is 118 cm³/mol. The Labute approximate surface area is 176 Å². The van der Waals surface area contributed by atoms with E-state index in [0.29, 0.717) is 6.42 Å². The fraction of sp³-hybridized carbons (Fsp3) is 0.417. The minimum atomic E-state index is 0.179. The molecule has 0 aliphatic carbocycles. The van der Waals surface area contributed by atoms with Gasteiger partial charge in [0.2, 0.25) is 5.91 Å². The maximum atomic E-state index is 13.1. The molecule has 1 amide bonds. The number of benzene rings is 2. The van der Waals surface area contributed by atoms with E-state index >= 15 is 0 Å². The van der Waals surface area contributed by atoms with Gasteiger partial charge in [-0.2, -0.15) is 0 Å². The van der Waals surface area contributed by atoms with E-state index < -0.39 is 0 Å². The van der Waals surface area contributed by atoms with Gasteiger partial charge in [-0.05, 0) is 55.5 Å². The van der Waals surface area contributed by atoms with E-state index in [0.717, 1.165) is 48.5 Å². The topological polar surface area (TPSA) is 42.4 Å². The van der Waals surface area contributed by atoms with Crippen molar-refractivity contribution in [2.45, 2.75) is 51.0 Å². The van der Waals surface area contributed by atoms with Crippen molar-refractivity contribution in [3.8, 4) is 5.75 Å². The third kappa shape index (κ3) is 4.78. The zero-order valence-corrected chi connectivity index (χ0v) is 17.8. The first-order valence-electron chi connectivity index (χ1n) is 10.5. The van der Waals surface area contributed by atoms with Crippen LogP contribution in [0.2, 0.25) is 0 Å². The zero-order chi connectivity index (χ0) is 20.1. The lowest BCUT2D eigenvalue weighted by molar-refractivity contribution is -0.133. The molecular weight excluding hydrogens is 380 g/mol. The van der Waals surface area contributed by atoms with E-state index in [4.69, 9.17) is 9.72 Å². The van der Waals surface area contributed by atoms with E-state index in [1.807, 2.05) is 24.3 Å². The molecule has 4 rings (SSSR count). The van der Waals surface area contributed by atoms with Gasteiger partial charge < -0.3 is 9.64 Å². The van der Waals surface area contributed by atoms with Crippen LogP contribution in [0.5, 0.6) is 5.75 Å². The van der Waals surface area contributed by atoms with Gasteiger partial charge in [-0.15, -0.1) is 11.3 Å². The van der Waals surface area contributed by atoms with Gasteiger partial charge in [0.15, 0.2) is 0 Å². The molecule has 0 spiro atoms. The molecule has 1 aromatic heterocycles. The van der Waals surface area contributed by atoms with Crippen molar-refractivity contribution in [3.63, 3.8) is 0 Å². The van der Waals surface area contributed by atoms with Crippen LogP contribution in [0.3, 0.4) is 0 Å². The van der Waals surface area contributed by atoms with E-state index in [1.165, 1.54) is 23.1 Å². The molecule has 1 saturated heterocycles. The number of likely N-dealkylation sites (tertiary alicyclic amines) is 1. The standard InChI is InChI=1S/C24H28N2O2S/c1-28-19-15-13-18(14-16-19)21-9-3-2-6-17-26(21)24(27)12-7-11-23-25-20-8-4-5-10-22(20)29-23/h4-5,8,10,13-16,21H,2-3,6-7,9,11-12,17H2,1H3/t21-/m0/s1. The molecule has 2 heterocycles. The van der Waals surface area contributed by atoms with Crippen molar-refractivity contribution in [2.24, 2.45) is 0 Å². The number of aromatic nitrogens is 1. The van der Waals surface area contributed by atoms with Crippen LogP contribution in [-0.2, 0) is 11.2 Å². The fourth-order valence-electron chi connectivity index (χ4n) is 4.14. The van der Waals surface area contributed by atoms with Crippen LogP contribution >= 0.6 is 11.3 Å². The van der Waals surface area contributed by atoms with Gasteiger partial charge >= 0.3 is 0 Å². The number of hydrogen-bond donors (Lipinski definition) is 0. The smallest absolute Gasteiger partial charge is 0.223 e. The molecule has 1 aliphatic rings. The second-order valence-corrected chi connectivity index (χ2v) is 8.77. The lowest BCUT2D eigenvalue weighted by Crippen LogP contribution is -2.34. The van der Waals surface area contributed by atoms with Crippen LogP contribution in [-0.4, -0.2) is 29.4 Å². The molecular formula is C24H28N2O2S. The Hall–Kier alpha value is -2.40. The van der Waals surface area contributed by atoms with Gasteiger partial charge in [0.1, 0.15) is 5.75 Å². The largest absolute Gasteiger partial charge is 0.497 e. The summed E-state index contributed by atoms with van der Waals surface area (Å²) in [5, 5.41) is 1.13. The summed E-state index contributed by atoms with van der Waals surface area (Å²) in [5.41, 5.74) is 2.28. The first-order chi connectivity index (χ1) is 14.2. The number of thiazole rings is 1. The quantitative estimate of drug-likeness (QED) is 0.520. The number of aryl methyl sites for hydroxylation is 1. The average Bonchev–Trinajstić information content (AvgIpc) is 3.00. The highest BCUT2D eigenvalue weighted by Gasteiger charge is 2.26. The van der Waals surface area contributed by atoms with E-state index in [-0.39, 0.29) is 11.9 Å². The summed E-state index contributed by atoms with van der Waals surface area (Å²) < 4.78 is 6.51. The summed E-state index contributed by atoms with van der Waals surface area (Å²) in [6.45, 7) is 0.858. The highest BCUT2D eigenvalue weighted by atomic mass is 32.1. The Bertz CT molecular complexity index is 918. The molecule has 3 aromatic rings. The Morgan fingerprint density at radius 1 is 1.14 bits per heavy atom. The summed E-state index contributed by atoms with van der Waals surface area (Å²) >= 11 is 1.74. The van der Waals surface area contributed by atoms with Crippen molar-refractivity contribution in [2.75, 3.05) is 13.7 Å². The molecule has 1 fully saturated rings. The third-order valence-electron chi connectivity index (χ3n) is 5.69. The SMILES string of the molecule is COc1ccc([C@@H]2CCCCCN2C(=O)CCCc2nc3ccccc3s2)cc1. The van der Waals surface area contributed by atoms with Crippen LogP contribution in [0.15, 0.2) is 48.5 Å². The number of carbonyl (C=O) groups excluding carboxylic acids is 1. The number of hydrogen-bond acceptors (Lipinski definition) is 4. The van der Waals surface area contributed by atoms with Gasteiger partial charge in [-0.25, -0.2) is 4.98 Å². The first-order valence-corrected chi connectivity index (χ1v) is 11.3. The maximum Gasteiger partial charge on any atom is 0.223 e. The number of amides is 1. The minimum absolute atomic E-state index is 0.179. The van der Waals surface area contributed by atoms with Gasteiger partial charge in [0, 0.05) is 13.0 Å². The van der Waals surface area contributed by atoms with Crippen molar-refractivity contribution < 1.29 is 9.53 Å². The summed E-state index contributed by atoms with van der Waals surface area (Å²) in [7, 11) is 1.68. The van der Waals surface area contributed by atoms with E-state index in [1.54, 1.807) is 18.4 Å². The van der Waals surface area contributed by atoms with Crippen LogP contribution in [0.4, 0.5) is 0 Å². The van der Waals surface area contributed by atoms with Gasteiger partial charge in [-0.1, -0.05) is 37.1 Å². The van der Waals surface area contributed by atoms with Crippen LogP contribution < -0.4 is 4.74 Å². The number of fused-ring (bicyclic) bond motifs is 1. The lowest BCUT2D eigenvalue weighted by Gasteiger charge is -2.30. The van der Waals surface area contributed by atoms with Gasteiger partial charge in [0.05, 0.1) is 28.4 Å². The van der Waals surface area contributed by atoms with Crippen molar-refractivity contribution >= 4 is 27.5 Å². The molecule has 5 heteroatoms. The van der Waals surface area contributed by atoms with Gasteiger partial charge in [0.25, 0.3) is 0 Å². The molecule has 0 radical (unpaired) electrons. The minimum Gasteiger partial charge on any atom is -0.497 e. The highest BCUT2D eigenvalue weighted by molar-refractivity contribution is 7.18. The molecule has 152 valence electrons. The Balaban J connectivity index is 1.40. The van der Waals surface area contributed by atoms with E-state index in [9.17, 15) is 4.79 Å². The number of carbonyl (C=O) groups is 1. The van der Waals surface area contributed by atoms with Crippen LogP contribution in [0, 0.1) is 0 Å². The van der Waals surface area contributed by atoms with E-state index in [2.05, 4.69) is 29.2 Å². The molecule has 29 heavy (non-hydrogen) atoms. The number of rotatable bonds is 6. The second-order valence-electron chi connectivity index (χ2n) is 7.65. The van der Waals surface area contributed by atoms with Crippen molar-refractivity contribution in [1.29, 1.82) is 0 Å². The molecule has 1 atom stereocenters. The molecule has 0 N–H and O–H groups in total. The second kappa shape index (κ2) is 9.40. The molecule has 2 aromatic carbocycles. The number of methoxy groups -OCH3 is 1. The normalized spacial score (nSPS) is 17.3. The summed E-state index contributed by atoms with van der Waals surface area (Å²) in [4.78, 5) is 19.9. The fourth-order valence-corrected chi connectivity index (χ4v) is 5.15. The maximum absolute atomic E-state index is 13.1. The Morgan fingerprint density at radius 3 is 2.76 bits per heavy atom.